The number of hydrogen-bond donors (Lipinski definition) is 2. The van der Waals surface area contributed by atoms with E-state index in [0.717, 1.165) is 18.8 Å². The normalized spacial score (nSPS) is 17.9. The van der Waals surface area contributed by atoms with Gasteiger partial charge in [-0.2, -0.15) is 0 Å². The lowest BCUT2D eigenvalue weighted by atomic mass is 9.85. The van der Waals surface area contributed by atoms with Crippen LogP contribution in [0.5, 0.6) is 0 Å². The summed E-state index contributed by atoms with van der Waals surface area (Å²) in [5.41, 5.74) is 5.38. The SMILES string of the molecule is CC(CCC1CCCCC1)NC(=O)CCCN.Cl. The number of rotatable bonds is 7. The van der Waals surface area contributed by atoms with E-state index in [-0.39, 0.29) is 18.3 Å². The van der Waals surface area contributed by atoms with Crippen molar-refractivity contribution in [3.63, 3.8) is 0 Å². The lowest BCUT2D eigenvalue weighted by molar-refractivity contribution is -0.121. The molecule has 0 saturated heterocycles. The van der Waals surface area contributed by atoms with Gasteiger partial charge in [-0.15, -0.1) is 12.4 Å². The molecule has 0 bridgehead atoms. The van der Waals surface area contributed by atoms with Crippen LogP contribution in [0, 0.1) is 5.92 Å². The second kappa shape index (κ2) is 10.6. The molecule has 1 amide bonds. The fraction of sp³-hybridized carbons (Fsp3) is 0.929. The van der Waals surface area contributed by atoms with E-state index in [1.807, 2.05) is 0 Å². The highest BCUT2D eigenvalue weighted by molar-refractivity contribution is 5.85. The Hall–Kier alpha value is -0.280. The molecule has 18 heavy (non-hydrogen) atoms. The number of nitrogens with one attached hydrogen (secondary N) is 1. The molecule has 0 aromatic heterocycles. The maximum atomic E-state index is 11.5. The van der Waals surface area contributed by atoms with Crippen LogP contribution in [0.2, 0.25) is 0 Å². The van der Waals surface area contributed by atoms with Crippen molar-refractivity contribution in [3.8, 4) is 0 Å². The minimum absolute atomic E-state index is 0. The Balaban J connectivity index is 0.00000289. The fourth-order valence-corrected chi connectivity index (χ4v) is 2.64. The van der Waals surface area contributed by atoms with Crippen molar-refractivity contribution >= 4 is 18.3 Å². The molecule has 1 unspecified atom stereocenters. The van der Waals surface area contributed by atoms with Crippen LogP contribution in [0.25, 0.3) is 0 Å². The average Bonchev–Trinajstić information content (AvgIpc) is 2.35. The van der Waals surface area contributed by atoms with E-state index in [9.17, 15) is 4.79 Å². The molecule has 0 aromatic rings. The molecule has 3 N–H and O–H groups in total. The molecule has 0 aliphatic heterocycles. The summed E-state index contributed by atoms with van der Waals surface area (Å²) in [5.74, 6) is 1.07. The van der Waals surface area contributed by atoms with Gasteiger partial charge in [-0.1, -0.05) is 32.1 Å². The molecule has 1 aliphatic rings. The Morgan fingerprint density at radius 2 is 2.00 bits per heavy atom. The maximum Gasteiger partial charge on any atom is 0.220 e. The largest absolute Gasteiger partial charge is 0.354 e. The Labute approximate surface area is 118 Å². The summed E-state index contributed by atoms with van der Waals surface area (Å²) < 4.78 is 0. The van der Waals surface area contributed by atoms with Gasteiger partial charge in [0.25, 0.3) is 0 Å². The molecule has 1 rings (SSSR count). The molecule has 0 spiro atoms. The highest BCUT2D eigenvalue weighted by Crippen LogP contribution is 2.27. The number of amides is 1. The third kappa shape index (κ3) is 7.93. The van der Waals surface area contributed by atoms with E-state index in [2.05, 4.69) is 12.2 Å². The summed E-state index contributed by atoms with van der Waals surface area (Å²) in [6.45, 7) is 2.72. The zero-order valence-electron chi connectivity index (χ0n) is 11.6. The van der Waals surface area contributed by atoms with E-state index >= 15 is 0 Å². The first-order valence-electron chi connectivity index (χ1n) is 7.21. The number of carbonyl (C=O) groups is 1. The molecule has 3 nitrogen and oxygen atoms in total. The standard InChI is InChI=1S/C14H28N2O.ClH/c1-12(16-14(17)8-5-11-15)9-10-13-6-3-2-4-7-13;/h12-13H,2-11,15H2,1H3,(H,16,17);1H. The van der Waals surface area contributed by atoms with Crippen molar-refractivity contribution in [1.82, 2.24) is 5.32 Å². The van der Waals surface area contributed by atoms with Crippen molar-refractivity contribution < 1.29 is 4.79 Å². The molecule has 0 radical (unpaired) electrons. The molecular formula is C14H29ClN2O. The van der Waals surface area contributed by atoms with E-state index in [1.54, 1.807) is 0 Å². The van der Waals surface area contributed by atoms with Gasteiger partial charge in [0.2, 0.25) is 5.91 Å². The number of nitrogens with two attached hydrogens (primary N) is 1. The first kappa shape index (κ1) is 17.7. The summed E-state index contributed by atoms with van der Waals surface area (Å²) >= 11 is 0. The third-order valence-electron chi connectivity index (χ3n) is 3.75. The summed E-state index contributed by atoms with van der Waals surface area (Å²) in [7, 11) is 0. The van der Waals surface area contributed by atoms with Gasteiger partial charge in [0, 0.05) is 12.5 Å². The van der Waals surface area contributed by atoms with Gasteiger partial charge >= 0.3 is 0 Å². The number of halogens is 1. The van der Waals surface area contributed by atoms with Crippen LogP contribution in [-0.2, 0) is 4.79 Å². The van der Waals surface area contributed by atoms with Crippen LogP contribution in [0.3, 0.4) is 0 Å². The number of hydrogen-bond acceptors (Lipinski definition) is 2. The lowest BCUT2D eigenvalue weighted by Crippen LogP contribution is -2.33. The molecular weight excluding hydrogens is 248 g/mol. The number of carbonyl (C=O) groups excluding carboxylic acids is 1. The lowest BCUT2D eigenvalue weighted by Gasteiger charge is -2.23. The minimum atomic E-state index is 0. The summed E-state index contributed by atoms with van der Waals surface area (Å²) in [6, 6.07) is 0.321. The molecule has 0 aromatic carbocycles. The van der Waals surface area contributed by atoms with Gasteiger partial charge in [-0.05, 0) is 38.6 Å². The van der Waals surface area contributed by atoms with Crippen LogP contribution in [-0.4, -0.2) is 18.5 Å². The first-order chi connectivity index (χ1) is 8.22. The predicted molar refractivity (Wildman–Crippen MR) is 79.0 cm³/mol. The van der Waals surface area contributed by atoms with Crippen molar-refractivity contribution in [2.45, 2.75) is 70.8 Å². The van der Waals surface area contributed by atoms with Gasteiger partial charge in [0.15, 0.2) is 0 Å². The first-order valence-corrected chi connectivity index (χ1v) is 7.21. The second-order valence-electron chi connectivity index (χ2n) is 5.44. The van der Waals surface area contributed by atoms with Crippen molar-refractivity contribution in [2.75, 3.05) is 6.54 Å². The maximum absolute atomic E-state index is 11.5. The smallest absolute Gasteiger partial charge is 0.220 e. The van der Waals surface area contributed by atoms with E-state index in [0.29, 0.717) is 19.0 Å². The molecule has 1 saturated carbocycles. The van der Waals surface area contributed by atoms with Gasteiger partial charge in [-0.3, -0.25) is 4.79 Å². The van der Waals surface area contributed by atoms with Gasteiger partial charge in [-0.25, -0.2) is 0 Å². The van der Waals surface area contributed by atoms with Crippen LogP contribution < -0.4 is 11.1 Å². The molecule has 1 fully saturated rings. The fourth-order valence-electron chi connectivity index (χ4n) is 2.64. The predicted octanol–water partition coefficient (Wildman–Crippen LogP) is 3.01. The molecule has 0 heterocycles. The molecule has 1 aliphatic carbocycles. The molecule has 1 atom stereocenters. The van der Waals surface area contributed by atoms with Crippen LogP contribution in [0.15, 0.2) is 0 Å². The van der Waals surface area contributed by atoms with E-state index < -0.39 is 0 Å². The van der Waals surface area contributed by atoms with E-state index in [1.165, 1.54) is 38.5 Å². The topological polar surface area (TPSA) is 55.1 Å². The Morgan fingerprint density at radius 1 is 1.33 bits per heavy atom. The highest BCUT2D eigenvalue weighted by Gasteiger charge is 2.15. The Kier molecular flexibility index (Phi) is 10.5. The summed E-state index contributed by atoms with van der Waals surface area (Å²) in [6.07, 6.45) is 10.8. The zero-order valence-corrected chi connectivity index (χ0v) is 12.4. The quantitative estimate of drug-likeness (QED) is 0.751. The van der Waals surface area contributed by atoms with Crippen LogP contribution in [0.1, 0.15) is 64.7 Å². The van der Waals surface area contributed by atoms with Crippen molar-refractivity contribution in [2.24, 2.45) is 11.7 Å². The third-order valence-corrected chi connectivity index (χ3v) is 3.75. The zero-order chi connectivity index (χ0) is 12.5. The monoisotopic (exact) mass is 276 g/mol. The van der Waals surface area contributed by atoms with Crippen LogP contribution >= 0.6 is 12.4 Å². The van der Waals surface area contributed by atoms with Crippen LogP contribution in [0.4, 0.5) is 0 Å². The van der Waals surface area contributed by atoms with Crippen molar-refractivity contribution in [1.29, 1.82) is 0 Å². The minimum Gasteiger partial charge on any atom is -0.354 e. The summed E-state index contributed by atoms with van der Waals surface area (Å²) in [4.78, 5) is 11.5. The van der Waals surface area contributed by atoms with Gasteiger partial charge in [0.1, 0.15) is 0 Å². The molecule has 4 heteroatoms. The second-order valence-corrected chi connectivity index (χ2v) is 5.44. The van der Waals surface area contributed by atoms with Crippen molar-refractivity contribution in [3.05, 3.63) is 0 Å². The highest BCUT2D eigenvalue weighted by atomic mass is 35.5. The molecule has 108 valence electrons. The van der Waals surface area contributed by atoms with Gasteiger partial charge in [0.05, 0.1) is 0 Å². The van der Waals surface area contributed by atoms with E-state index in [4.69, 9.17) is 5.73 Å². The Morgan fingerprint density at radius 3 is 2.61 bits per heavy atom. The van der Waals surface area contributed by atoms with Gasteiger partial charge < -0.3 is 11.1 Å². The Bertz CT molecular complexity index is 218. The average molecular weight is 277 g/mol. The summed E-state index contributed by atoms with van der Waals surface area (Å²) in [5, 5.41) is 3.06.